The molecule has 2 aromatic carbocycles. The van der Waals surface area contributed by atoms with Gasteiger partial charge < -0.3 is 15.8 Å². The molecule has 0 fully saturated rings. The summed E-state index contributed by atoms with van der Waals surface area (Å²) >= 11 is 0. The fourth-order valence-corrected chi connectivity index (χ4v) is 2.86. The number of nitrogens with zero attached hydrogens (tertiary/aromatic N) is 1. The number of nitrogens with one attached hydrogen (secondary N) is 1. The van der Waals surface area contributed by atoms with Crippen LogP contribution in [0.3, 0.4) is 0 Å². The van der Waals surface area contributed by atoms with E-state index in [0.717, 1.165) is 17.5 Å². The fourth-order valence-electron chi connectivity index (χ4n) is 2.86. The van der Waals surface area contributed by atoms with Crippen molar-refractivity contribution in [2.24, 2.45) is 0 Å². The van der Waals surface area contributed by atoms with E-state index in [2.05, 4.69) is 5.32 Å². The first kappa shape index (κ1) is 19.5. The van der Waals surface area contributed by atoms with Gasteiger partial charge in [0.05, 0.1) is 5.69 Å². The molecule has 1 atom stereocenters. The Labute approximate surface area is 165 Å². The van der Waals surface area contributed by atoms with E-state index in [-0.39, 0.29) is 30.2 Å². The Kier molecular flexibility index (Phi) is 5.68. The van der Waals surface area contributed by atoms with Gasteiger partial charge in [-0.05, 0) is 50.1 Å². The van der Waals surface area contributed by atoms with Crippen LogP contribution in [0.5, 0.6) is 5.75 Å². The smallest absolute Gasteiger partial charge is 0.294 e. The van der Waals surface area contributed by atoms with Crippen molar-refractivity contribution < 1.29 is 14.3 Å². The summed E-state index contributed by atoms with van der Waals surface area (Å²) in [6.07, 6.45) is 2.49. The number of amides is 2. The van der Waals surface area contributed by atoms with Gasteiger partial charge in [-0.1, -0.05) is 36.8 Å². The van der Waals surface area contributed by atoms with Gasteiger partial charge in [-0.25, -0.2) is 0 Å². The number of nitrogens with two attached hydrogens (primary N) is 1. The lowest BCUT2D eigenvalue weighted by Crippen LogP contribution is -2.46. The van der Waals surface area contributed by atoms with Gasteiger partial charge in [0, 0.05) is 11.7 Å². The molecule has 0 radical (unpaired) electrons. The molecule has 0 spiro atoms. The van der Waals surface area contributed by atoms with E-state index < -0.39 is 0 Å². The normalized spacial score (nSPS) is 15.8. The highest BCUT2D eigenvalue weighted by Crippen LogP contribution is 2.37. The molecule has 6 nitrogen and oxygen atoms in total. The predicted octanol–water partition coefficient (Wildman–Crippen LogP) is 3.26. The Morgan fingerprint density at radius 3 is 2.64 bits per heavy atom. The topological polar surface area (TPSA) is 84.7 Å². The zero-order valence-corrected chi connectivity index (χ0v) is 16.4. The largest absolute Gasteiger partial charge is 0.449 e. The van der Waals surface area contributed by atoms with Crippen molar-refractivity contribution >= 4 is 29.3 Å². The Hall–Kier alpha value is -3.28. The summed E-state index contributed by atoms with van der Waals surface area (Å²) in [6.45, 7) is 5.81. The predicted molar refractivity (Wildman–Crippen MR) is 111 cm³/mol. The first-order valence-electron chi connectivity index (χ1n) is 9.34. The maximum atomic E-state index is 13.1. The molecule has 1 aliphatic rings. The van der Waals surface area contributed by atoms with Crippen molar-refractivity contribution in [2.45, 2.75) is 33.2 Å². The minimum absolute atomic E-state index is 0.0338. The number of hydrogen-bond donors (Lipinski definition) is 2. The van der Waals surface area contributed by atoms with Crippen LogP contribution in [0.4, 0.5) is 11.4 Å². The van der Waals surface area contributed by atoms with Crippen LogP contribution in [0.2, 0.25) is 0 Å². The minimum atomic E-state index is -0.377. The van der Waals surface area contributed by atoms with E-state index in [1.54, 1.807) is 24.3 Å². The lowest BCUT2D eigenvalue weighted by molar-refractivity contribution is -0.123. The summed E-state index contributed by atoms with van der Waals surface area (Å²) in [4.78, 5) is 26.9. The number of anilines is 2. The number of carbonyl (C=O) groups excluding carboxylic acids is 2. The van der Waals surface area contributed by atoms with Gasteiger partial charge in [0.2, 0.25) is 5.91 Å². The summed E-state index contributed by atoms with van der Waals surface area (Å²) in [5, 5.41) is 2.89. The number of ether oxygens (including phenoxy) is 1. The van der Waals surface area contributed by atoms with Crippen LogP contribution in [0.1, 0.15) is 31.4 Å². The molecular weight excluding hydrogens is 354 g/mol. The van der Waals surface area contributed by atoms with E-state index in [1.807, 2.05) is 45.0 Å². The molecule has 0 saturated heterocycles. The highest BCUT2D eigenvalue weighted by Gasteiger charge is 2.32. The molecule has 6 heteroatoms. The van der Waals surface area contributed by atoms with E-state index in [4.69, 9.17) is 10.5 Å². The maximum Gasteiger partial charge on any atom is 0.294 e. The van der Waals surface area contributed by atoms with Gasteiger partial charge in [0.25, 0.3) is 5.91 Å². The molecule has 1 aliphatic heterocycles. The molecule has 28 heavy (non-hydrogen) atoms. The van der Waals surface area contributed by atoms with Crippen molar-refractivity contribution in [3.63, 3.8) is 0 Å². The number of fused-ring (bicyclic) bond motifs is 1. The van der Waals surface area contributed by atoms with Crippen molar-refractivity contribution in [3.8, 4) is 5.75 Å². The van der Waals surface area contributed by atoms with Gasteiger partial charge in [-0.15, -0.1) is 0 Å². The van der Waals surface area contributed by atoms with E-state index in [0.29, 0.717) is 17.1 Å². The number of nitrogen functional groups attached to an aromatic ring is 1. The average molecular weight is 379 g/mol. The van der Waals surface area contributed by atoms with Crippen LogP contribution in [-0.4, -0.2) is 24.4 Å². The van der Waals surface area contributed by atoms with Crippen LogP contribution in [0.25, 0.3) is 6.08 Å². The fraction of sp³-hybridized carbons (Fsp3) is 0.273. The van der Waals surface area contributed by atoms with Gasteiger partial charge in [0.1, 0.15) is 6.54 Å². The summed E-state index contributed by atoms with van der Waals surface area (Å²) in [5.41, 5.74) is 8.84. The maximum absolute atomic E-state index is 13.1. The molecule has 0 aliphatic carbocycles. The summed E-state index contributed by atoms with van der Waals surface area (Å²) in [7, 11) is 0. The Bertz CT molecular complexity index is 919. The van der Waals surface area contributed by atoms with E-state index >= 15 is 0 Å². The molecule has 146 valence electrons. The number of rotatable bonds is 5. The molecule has 3 N–H and O–H groups in total. The third-order valence-corrected chi connectivity index (χ3v) is 4.65. The zero-order valence-electron chi connectivity index (χ0n) is 16.4. The molecule has 0 aromatic heterocycles. The van der Waals surface area contributed by atoms with Gasteiger partial charge in [-0.3, -0.25) is 14.5 Å². The zero-order chi connectivity index (χ0) is 20.3. The van der Waals surface area contributed by atoms with Crippen LogP contribution in [-0.2, 0) is 9.59 Å². The lowest BCUT2D eigenvalue weighted by Gasteiger charge is -2.30. The first-order valence-corrected chi connectivity index (χ1v) is 9.34. The summed E-state index contributed by atoms with van der Waals surface area (Å²) in [6, 6.07) is 12.8. The Morgan fingerprint density at radius 2 is 1.96 bits per heavy atom. The van der Waals surface area contributed by atoms with Crippen molar-refractivity contribution in [2.75, 3.05) is 17.2 Å². The third kappa shape index (κ3) is 4.34. The summed E-state index contributed by atoms with van der Waals surface area (Å²) < 4.78 is 5.83. The van der Waals surface area contributed by atoms with Gasteiger partial charge in [0.15, 0.2) is 11.5 Å². The molecule has 1 heterocycles. The second-order valence-electron chi connectivity index (χ2n) is 7.02. The monoisotopic (exact) mass is 379 g/mol. The molecule has 2 amide bonds. The first-order chi connectivity index (χ1) is 13.4. The molecule has 0 saturated carbocycles. The number of aryl methyl sites for hydroxylation is 1. The standard InChI is InChI=1S/C22H25N3O3/c1-4-15(3)24-21(26)13-25-18-12-17(23)9-10-19(18)28-20(22(25)27)11-16-7-5-14(2)6-8-16/h5-12,15H,4,13,23H2,1-3H3,(H,24,26)/b20-11+. The number of benzene rings is 2. The molecule has 3 rings (SSSR count). The van der Waals surface area contributed by atoms with Crippen molar-refractivity contribution in [1.82, 2.24) is 5.32 Å². The summed E-state index contributed by atoms with van der Waals surface area (Å²) in [5.74, 6) is 0.0478. The van der Waals surface area contributed by atoms with Crippen LogP contribution in [0, 0.1) is 6.92 Å². The second kappa shape index (κ2) is 8.17. The lowest BCUT2D eigenvalue weighted by atomic mass is 10.1. The minimum Gasteiger partial charge on any atom is -0.449 e. The SMILES string of the molecule is CCC(C)NC(=O)CN1C(=O)/C(=C\c2ccc(C)cc2)Oc2ccc(N)cc21. The van der Waals surface area contributed by atoms with Gasteiger partial charge >= 0.3 is 0 Å². The number of hydrogen-bond acceptors (Lipinski definition) is 4. The molecule has 2 aromatic rings. The van der Waals surface area contributed by atoms with Crippen LogP contribution < -0.4 is 20.7 Å². The highest BCUT2D eigenvalue weighted by atomic mass is 16.5. The number of carbonyl (C=O) groups is 2. The molecule has 1 unspecified atom stereocenters. The van der Waals surface area contributed by atoms with Crippen molar-refractivity contribution in [3.05, 3.63) is 59.4 Å². The second-order valence-corrected chi connectivity index (χ2v) is 7.02. The van der Waals surface area contributed by atoms with Crippen LogP contribution >= 0.6 is 0 Å². The molecular formula is C22H25N3O3. The van der Waals surface area contributed by atoms with E-state index in [9.17, 15) is 9.59 Å². The van der Waals surface area contributed by atoms with Crippen LogP contribution in [0.15, 0.2) is 48.2 Å². The quantitative estimate of drug-likeness (QED) is 0.617. The van der Waals surface area contributed by atoms with Crippen molar-refractivity contribution in [1.29, 1.82) is 0 Å². The average Bonchev–Trinajstić information content (AvgIpc) is 2.67. The highest BCUT2D eigenvalue weighted by molar-refractivity contribution is 6.12. The van der Waals surface area contributed by atoms with Gasteiger partial charge in [-0.2, -0.15) is 0 Å². The third-order valence-electron chi connectivity index (χ3n) is 4.65. The Morgan fingerprint density at radius 1 is 1.25 bits per heavy atom. The molecule has 0 bridgehead atoms. The Balaban J connectivity index is 1.94. The van der Waals surface area contributed by atoms with E-state index in [1.165, 1.54) is 4.90 Å².